The number of ketones is 1. The van der Waals surface area contributed by atoms with Crippen LogP contribution in [0.3, 0.4) is 0 Å². The van der Waals surface area contributed by atoms with E-state index in [0.29, 0.717) is 13.0 Å². The quantitative estimate of drug-likeness (QED) is 0.715. The fourth-order valence-electron chi connectivity index (χ4n) is 1.33. The molecule has 0 N–H and O–H groups in total. The summed E-state index contributed by atoms with van der Waals surface area (Å²) in [6.07, 6.45) is 0.365. The van der Waals surface area contributed by atoms with Crippen molar-refractivity contribution in [2.24, 2.45) is 0 Å². The van der Waals surface area contributed by atoms with E-state index in [-0.39, 0.29) is 12.4 Å². The zero-order chi connectivity index (χ0) is 11.1. The molecule has 0 aliphatic rings. The van der Waals surface area contributed by atoms with Crippen molar-refractivity contribution in [1.29, 1.82) is 0 Å². The first kappa shape index (κ1) is 11.7. The third-order valence-electron chi connectivity index (χ3n) is 2.05. The second-order valence-corrected chi connectivity index (χ2v) is 3.16. The lowest BCUT2D eigenvalue weighted by Gasteiger charge is -2.07. The Kier molecular flexibility index (Phi) is 4.84. The van der Waals surface area contributed by atoms with Crippen LogP contribution in [-0.2, 0) is 16.0 Å². The summed E-state index contributed by atoms with van der Waals surface area (Å²) in [6.45, 7) is 2.61. The van der Waals surface area contributed by atoms with Gasteiger partial charge in [-0.3, -0.25) is 4.79 Å². The Hall–Kier alpha value is -1.35. The lowest BCUT2D eigenvalue weighted by molar-refractivity contribution is -0.122. The highest BCUT2D eigenvalue weighted by atomic mass is 16.5. The van der Waals surface area contributed by atoms with Gasteiger partial charge in [0.15, 0.2) is 5.78 Å². The van der Waals surface area contributed by atoms with Crippen LogP contribution in [0.15, 0.2) is 24.3 Å². The van der Waals surface area contributed by atoms with Gasteiger partial charge in [-0.15, -0.1) is 0 Å². The summed E-state index contributed by atoms with van der Waals surface area (Å²) < 4.78 is 10.2. The minimum atomic E-state index is 0.0707. The van der Waals surface area contributed by atoms with Crippen molar-refractivity contribution in [3.05, 3.63) is 29.8 Å². The first-order valence-electron chi connectivity index (χ1n) is 4.99. The number of methoxy groups -OCH3 is 1. The third-order valence-corrected chi connectivity index (χ3v) is 2.05. The molecule has 1 aromatic carbocycles. The van der Waals surface area contributed by atoms with Crippen molar-refractivity contribution in [2.75, 3.05) is 20.3 Å². The topological polar surface area (TPSA) is 35.5 Å². The van der Waals surface area contributed by atoms with Gasteiger partial charge in [-0.2, -0.15) is 0 Å². The van der Waals surface area contributed by atoms with Crippen LogP contribution in [0, 0.1) is 0 Å². The van der Waals surface area contributed by atoms with Gasteiger partial charge in [0.1, 0.15) is 12.4 Å². The molecule has 0 heterocycles. The van der Waals surface area contributed by atoms with Crippen molar-refractivity contribution >= 4 is 5.78 Å². The van der Waals surface area contributed by atoms with E-state index < -0.39 is 0 Å². The van der Waals surface area contributed by atoms with E-state index in [9.17, 15) is 4.79 Å². The maximum Gasteiger partial charge on any atom is 0.162 e. The van der Waals surface area contributed by atoms with Gasteiger partial charge in [0, 0.05) is 18.6 Å². The number of rotatable bonds is 6. The lowest BCUT2D eigenvalue weighted by Crippen LogP contribution is -2.11. The van der Waals surface area contributed by atoms with Crippen LogP contribution in [0.25, 0.3) is 0 Å². The standard InChI is InChI=1S/C12H16O3/c1-3-15-9-11(13)8-10-6-4-5-7-12(10)14-2/h4-7H,3,8-9H2,1-2H3. The van der Waals surface area contributed by atoms with Gasteiger partial charge in [-0.25, -0.2) is 0 Å². The SMILES string of the molecule is CCOCC(=O)Cc1ccccc1OC. The Morgan fingerprint density at radius 2 is 2.07 bits per heavy atom. The molecule has 0 saturated heterocycles. The van der Waals surface area contributed by atoms with Crippen LogP contribution in [0.1, 0.15) is 12.5 Å². The van der Waals surface area contributed by atoms with Crippen LogP contribution in [-0.4, -0.2) is 26.1 Å². The number of para-hydroxylation sites is 1. The summed E-state index contributed by atoms with van der Waals surface area (Å²) in [5.41, 5.74) is 0.907. The van der Waals surface area contributed by atoms with E-state index in [4.69, 9.17) is 9.47 Å². The third kappa shape index (κ3) is 3.72. The number of carbonyl (C=O) groups is 1. The first-order valence-corrected chi connectivity index (χ1v) is 4.99. The van der Waals surface area contributed by atoms with E-state index in [0.717, 1.165) is 11.3 Å². The normalized spacial score (nSPS) is 10.0. The minimum Gasteiger partial charge on any atom is -0.496 e. The highest BCUT2D eigenvalue weighted by Gasteiger charge is 2.07. The number of hydrogen-bond acceptors (Lipinski definition) is 3. The molecule has 15 heavy (non-hydrogen) atoms. The van der Waals surface area contributed by atoms with E-state index in [2.05, 4.69) is 0 Å². The largest absolute Gasteiger partial charge is 0.496 e. The molecular formula is C12H16O3. The summed E-state index contributed by atoms with van der Waals surface area (Å²) in [4.78, 5) is 11.5. The highest BCUT2D eigenvalue weighted by Crippen LogP contribution is 2.17. The second kappa shape index (κ2) is 6.19. The molecule has 0 aromatic heterocycles. The predicted octanol–water partition coefficient (Wildman–Crippen LogP) is 1.84. The Morgan fingerprint density at radius 1 is 1.33 bits per heavy atom. The molecule has 0 radical (unpaired) electrons. The zero-order valence-electron chi connectivity index (χ0n) is 9.16. The molecule has 0 unspecified atom stereocenters. The highest BCUT2D eigenvalue weighted by molar-refractivity contribution is 5.82. The van der Waals surface area contributed by atoms with Gasteiger partial charge >= 0.3 is 0 Å². The molecule has 0 fully saturated rings. The predicted molar refractivity (Wildman–Crippen MR) is 58.2 cm³/mol. The fourth-order valence-corrected chi connectivity index (χ4v) is 1.33. The van der Waals surface area contributed by atoms with Crippen LogP contribution < -0.4 is 4.74 Å². The fraction of sp³-hybridized carbons (Fsp3) is 0.417. The van der Waals surface area contributed by atoms with Crippen LogP contribution in [0.2, 0.25) is 0 Å². The summed E-state index contributed by atoms with van der Waals surface area (Å²) in [7, 11) is 1.60. The molecule has 0 aliphatic heterocycles. The number of hydrogen-bond donors (Lipinski definition) is 0. The molecular weight excluding hydrogens is 192 g/mol. The average molecular weight is 208 g/mol. The molecule has 3 heteroatoms. The van der Waals surface area contributed by atoms with Gasteiger partial charge in [0.05, 0.1) is 7.11 Å². The molecule has 0 bridgehead atoms. The molecule has 0 aliphatic carbocycles. The second-order valence-electron chi connectivity index (χ2n) is 3.16. The summed E-state index contributed by atoms with van der Waals surface area (Å²) in [5.74, 6) is 0.823. The lowest BCUT2D eigenvalue weighted by atomic mass is 10.1. The van der Waals surface area contributed by atoms with Crippen LogP contribution in [0.5, 0.6) is 5.75 Å². The van der Waals surface area contributed by atoms with Crippen LogP contribution >= 0.6 is 0 Å². The first-order chi connectivity index (χ1) is 7.27. The molecule has 1 rings (SSSR count). The Bertz CT molecular complexity index is 320. The molecule has 3 nitrogen and oxygen atoms in total. The van der Waals surface area contributed by atoms with E-state index >= 15 is 0 Å². The molecule has 0 atom stereocenters. The number of ether oxygens (including phenoxy) is 2. The Labute approximate surface area is 90.0 Å². The maximum absolute atomic E-state index is 11.5. The van der Waals surface area contributed by atoms with Gasteiger partial charge in [0.25, 0.3) is 0 Å². The number of benzene rings is 1. The van der Waals surface area contributed by atoms with Gasteiger partial charge in [-0.1, -0.05) is 18.2 Å². The van der Waals surface area contributed by atoms with Crippen molar-refractivity contribution in [3.63, 3.8) is 0 Å². The van der Waals surface area contributed by atoms with Crippen molar-refractivity contribution in [3.8, 4) is 5.75 Å². The van der Waals surface area contributed by atoms with Crippen molar-refractivity contribution in [1.82, 2.24) is 0 Å². The summed E-state index contributed by atoms with van der Waals surface area (Å²) >= 11 is 0. The van der Waals surface area contributed by atoms with E-state index in [1.807, 2.05) is 31.2 Å². The molecule has 0 spiro atoms. The van der Waals surface area contributed by atoms with Crippen molar-refractivity contribution in [2.45, 2.75) is 13.3 Å². The molecule has 0 saturated carbocycles. The Balaban J connectivity index is 2.59. The molecule has 82 valence electrons. The summed E-state index contributed by atoms with van der Waals surface area (Å²) in [6, 6.07) is 7.52. The van der Waals surface area contributed by atoms with Gasteiger partial charge in [0.2, 0.25) is 0 Å². The van der Waals surface area contributed by atoms with E-state index in [1.54, 1.807) is 7.11 Å². The van der Waals surface area contributed by atoms with E-state index in [1.165, 1.54) is 0 Å². The summed E-state index contributed by atoms with van der Waals surface area (Å²) in [5, 5.41) is 0. The number of carbonyl (C=O) groups excluding carboxylic acids is 1. The van der Waals surface area contributed by atoms with Crippen molar-refractivity contribution < 1.29 is 14.3 Å². The smallest absolute Gasteiger partial charge is 0.162 e. The zero-order valence-corrected chi connectivity index (χ0v) is 9.16. The van der Waals surface area contributed by atoms with Gasteiger partial charge in [-0.05, 0) is 13.0 Å². The molecule has 1 aromatic rings. The maximum atomic E-state index is 11.5. The monoisotopic (exact) mass is 208 g/mol. The van der Waals surface area contributed by atoms with Crippen LogP contribution in [0.4, 0.5) is 0 Å². The molecule has 0 amide bonds. The average Bonchev–Trinajstić information content (AvgIpc) is 2.27. The van der Waals surface area contributed by atoms with Gasteiger partial charge < -0.3 is 9.47 Å². The number of Topliss-reactive ketones (excluding diaryl/α,β-unsaturated/α-hetero) is 1. The minimum absolute atomic E-state index is 0.0707. The Morgan fingerprint density at radius 3 is 2.73 bits per heavy atom.